The van der Waals surface area contributed by atoms with Crippen molar-refractivity contribution in [3.05, 3.63) is 0 Å². The van der Waals surface area contributed by atoms with Crippen LogP contribution in [0, 0.1) is 0 Å². The maximum atomic E-state index is 9.63. The van der Waals surface area contributed by atoms with Crippen molar-refractivity contribution in [2.75, 3.05) is 0 Å². The second-order valence-corrected chi connectivity index (χ2v) is 3.68. The van der Waals surface area contributed by atoms with Crippen molar-refractivity contribution in [3.63, 3.8) is 0 Å². The molecule has 0 atom stereocenters. The third-order valence-corrected chi connectivity index (χ3v) is 1.91. The molecule has 4 N–H and O–H groups in total. The summed E-state index contributed by atoms with van der Waals surface area (Å²) in [5.41, 5.74) is 0. The van der Waals surface area contributed by atoms with Crippen LogP contribution in [0.3, 0.4) is 0 Å². The van der Waals surface area contributed by atoms with Gasteiger partial charge in [0.25, 0.3) is 0 Å². The van der Waals surface area contributed by atoms with Crippen molar-refractivity contribution in [2.45, 2.75) is 0 Å². The number of phosphoric acid groups is 2. The summed E-state index contributed by atoms with van der Waals surface area (Å²) in [6.07, 6.45) is 0. The van der Waals surface area contributed by atoms with E-state index in [1.54, 1.807) is 0 Å². The second kappa shape index (κ2) is 6.27. The Morgan fingerprint density at radius 2 is 1.09 bits per heavy atom. The van der Waals surface area contributed by atoms with E-state index in [-0.39, 0.29) is 46.6 Å². The van der Waals surface area contributed by atoms with E-state index in [9.17, 15) is 9.13 Å². The van der Waals surface area contributed by atoms with Crippen LogP contribution in [-0.4, -0.2) is 19.6 Å². The zero-order chi connectivity index (χ0) is 7.71. The third kappa shape index (κ3) is 18.6. The molecule has 62 valence electrons. The van der Waals surface area contributed by atoms with E-state index in [4.69, 9.17) is 19.6 Å². The van der Waals surface area contributed by atoms with Gasteiger partial charge in [-0.2, -0.15) is 4.31 Å². The summed E-state index contributed by atoms with van der Waals surface area (Å²) in [6, 6.07) is 0. The smallest absolute Gasteiger partial charge is 0.302 e. The standard InChI is InChI=1S/Fe.Na.H4O7P2/c;;1-8(2,3)7-9(4,5)6/h;;(H2,1,2,3)(H2,4,5,6)/q+2;+1;. The van der Waals surface area contributed by atoms with Gasteiger partial charge in [0, 0.05) is 0 Å². The molecule has 11 heavy (non-hydrogen) atoms. The summed E-state index contributed by atoms with van der Waals surface area (Å²) in [7, 11) is -10.1. The maximum absolute atomic E-state index is 9.63. The fraction of sp³-hybridized carbons (Fsp3) is 0. The summed E-state index contributed by atoms with van der Waals surface area (Å²) < 4.78 is 22.2. The minimum atomic E-state index is -5.05. The number of rotatable bonds is 2. The second-order valence-electron chi connectivity index (χ2n) is 1.06. The molecule has 0 fully saturated rings. The van der Waals surface area contributed by atoms with E-state index < -0.39 is 15.6 Å². The number of hydrogen-bond donors (Lipinski definition) is 4. The number of hydrogen-bond acceptors (Lipinski definition) is 3. The third-order valence-electron chi connectivity index (χ3n) is 0.213. The molecule has 0 aromatic carbocycles. The molecule has 0 amide bonds. The molecular formula is H4FeNaO7P2+3. The zero-order valence-electron chi connectivity index (χ0n) is 5.26. The largest absolute Gasteiger partial charge is 2.00 e. The molecule has 0 saturated heterocycles. The van der Waals surface area contributed by atoms with Gasteiger partial charge >= 0.3 is 62.3 Å². The molecule has 0 aliphatic carbocycles. The first-order valence-corrected chi connectivity index (χ1v) is 4.59. The Hall–Kier alpha value is 1.78. The predicted octanol–water partition coefficient (Wildman–Crippen LogP) is -3.81. The molecule has 0 unspecified atom stereocenters. The summed E-state index contributed by atoms with van der Waals surface area (Å²) in [6.45, 7) is 0. The normalized spacial score (nSPS) is 11.3. The van der Waals surface area contributed by atoms with E-state index >= 15 is 0 Å². The van der Waals surface area contributed by atoms with Gasteiger partial charge in [0.2, 0.25) is 0 Å². The molecule has 11 heteroatoms. The van der Waals surface area contributed by atoms with Crippen LogP contribution in [0.2, 0.25) is 0 Å². The molecule has 0 radical (unpaired) electrons. The van der Waals surface area contributed by atoms with Crippen molar-refractivity contribution in [1.29, 1.82) is 0 Å². The molecular weight excluding hydrogens is 253 g/mol. The van der Waals surface area contributed by atoms with Crippen LogP contribution in [0.5, 0.6) is 0 Å². The molecule has 0 spiro atoms. The fourth-order valence-corrected chi connectivity index (χ4v) is 1.25. The van der Waals surface area contributed by atoms with Gasteiger partial charge in [0.05, 0.1) is 0 Å². The molecule has 0 heterocycles. The fourth-order valence-electron chi connectivity index (χ4n) is 0.139. The molecule has 0 aliphatic rings. The monoisotopic (exact) mass is 257 g/mol. The molecule has 7 nitrogen and oxygen atoms in total. The minimum Gasteiger partial charge on any atom is -0.302 e. The van der Waals surface area contributed by atoms with Gasteiger partial charge in [-0.05, 0) is 0 Å². The van der Waals surface area contributed by atoms with Crippen molar-refractivity contribution in [3.8, 4) is 0 Å². The summed E-state index contributed by atoms with van der Waals surface area (Å²) in [4.78, 5) is 31.0. The Labute approximate surface area is 94.8 Å². The molecule has 0 aromatic rings. The first-order valence-electron chi connectivity index (χ1n) is 1.53. The average Bonchev–Trinajstić information content (AvgIpc) is 1.14. The quantitative estimate of drug-likeness (QED) is 0.295. The van der Waals surface area contributed by atoms with Gasteiger partial charge in [-0.25, -0.2) is 9.13 Å². The predicted molar refractivity (Wildman–Crippen MR) is 25.2 cm³/mol. The van der Waals surface area contributed by atoms with Gasteiger partial charge < -0.3 is 19.6 Å². The van der Waals surface area contributed by atoms with Gasteiger partial charge in [-0.3, -0.25) is 0 Å². The maximum Gasteiger partial charge on any atom is 2.00 e. The van der Waals surface area contributed by atoms with E-state index in [1.807, 2.05) is 0 Å². The first kappa shape index (κ1) is 18.5. The molecule has 0 saturated carbocycles. The van der Waals surface area contributed by atoms with Crippen LogP contribution in [0.25, 0.3) is 0 Å². The van der Waals surface area contributed by atoms with Gasteiger partial charge in [-0.15, -0.1) is 0 Å². The van der Waals surface area contributed by atoms with Gasteiger partial charge in [0.15, 0.2) is 0 Å². The van der Waals surface area contributed by atoms with E-state index in [0.29, 0.717) is 0 Å². The minimum absolute atomic E-state index is 0. The Kier molecular flexibility index (Phi) is 10.6. The van der Waals surface area contributed by atoms with Crippen LogP contribution in [0.1, 0.15) is 0 Å². The van der Waals surface area contributed by atoms with E-state index in [1.165, 1.54) is 0 Å². The zero-order valence-corrected chi connectivity index (χ0v) is 10.2. The average molecular weight is 257 g/mol. The molecule has 0 bridgehead atoms. The SMILES string of the molecule is O=P(O)(O)OP(=O)(O)O.[Fe+2].[Na+]. The molecule has 0 rings (SSSR count). The Bertz CT molecular complexity index is 157. The van der Waals surface area contributed by atoms with Crippen LogP contribution in [0.4, 0.5) is 0 Å². The Morgan fingerprint density at radius 3 is 1.09 bits per heavy atom. The summed E-state index contributed by atoms with van der Waals surface area (Å²) in [5.74, 6) is 0. The summed E-state index contributed by atoms with van der Waals surface area (Å²) >= 11 is 0. The molecule has 0 aromatic heterocycles. The van der Waals surface area contributed by atoms with Crippen molar-refractivity contribution < 1.29 is 79.6 Å². The topological polar surface area (TPSA) is 124 Å². The van der Waals surface area contributed by atoms with Gasteiger partial charge in [-0.1, -0.05) is 0 Å². The van der Waals surface area contributed by atoms with Crippen LogP contribution >= 0.6 is 15.6 Å². The Balaban J connectivity index is -0.000000320. The van der Waals surface area contributed by atoms with Crippen LogP contribution in [-0.2, 0) is 30.5 Å². The van der Waals surface area contributed by atoms with E-state index in [2.05, 4.69) is 4.31 Å². The van der Waals surface area contributed by atoms with E-state index in [0.717, 1.165) is 0 Å². The first-order chi connectivity index (χ1) is 3.71. The summed E-state index contributed by atoms with van der Waals surface area (Å²) in [5, 5.41) is 0. The van der Waals surface area contributed by atoms with Crippen LogP contribution in [0.15, 0.2) is 0 Å². The van der Waals surface area contributed by atoms with Crippen molar-refractivity contribution in [2.24, 2.45) is 0 Å². The van der Waals surface area contributed by atoms with Crippen LogP contribution < -0.4 is 29.6 Å². The van der Waals surface area contributed by atoms with Crippen molar-refractivity contribution in [1.82, 2.24) is 0 Å². The van der Waals surface area contributed by atoms with Crippen molar-refractivity contribution >= 4 is 15.6 Å². The van der Waals surface area contributed by atoms with Gasteiger partial charge in [0.1, 0.15) is 0 Å². The Morgan fingerprint density at radius 1 is 0.909 bits per heavy atom. The molecule has 0 aliphatic heterocycles.